The first-order valence-electron chi connectivity index (χ1n) is 7.42. The maximum atomic E-state index is 6.32. The summed E-state index contributed by atoms with van der Waals surface area (Å²) < 4.78 is 5.66. The third kappa shape index (κ3) is 4.44. The first kappa shape index (κ1) is 13.1. The maximum absolute atomic E-state index is 6.32. The van der Waals surface area contributed by atoms with Gasteiger partial charge in [0.25, 0.3) is 0 Å². The normalized spacial score (nSPS) is 28.3. The summed E-state index contributed by atoms with van der Waals surface area (Å²) in [4.78, 5) is 0. The summed E-state index contributed by atoms with van der Waals surface area (Å²) in [6.45, 7) is 0.961. The topological polar surface area (TPSA) is 35.2 Å². The van der Waals surface area contributed by atoms with Gasteiger partial charge in [-0.3, -0.25) is 0 Å². The van der Waals surface area contributed by atoms with E-state index in [1.807, 2.05) is 0 Å². The maximum Gasteiger partial charge on any atom is 0.0576 e. The zero-order chi connectivity index (χ0) is 11.9. The molecule has 1 saturated heterocycles. The summed E-state index contributed by atoms with van der Waals surface area (Å²) >= 11 is 0. The Morgan fingerprint density at radius 1 is 1.24 bits per heavy atom. The fourth-order valence-corrected chi connectivity index (χ4v) is 2.98. The molecule has 0 aromatic heterocycles. The average molecular weight is 237 g/mol. The standard InChI is InChI=1S/C15H27NO/c16-15(11-10-14-9-6-12-17-14)13-7-4-2-1-3-5-8-13/h7,14-15H,1-6,8-12,16H2. The molecule has 0 saturated carbocycles. The summed E-state index contributed by atoms with van der Waals surface area (Å²) in [5.74, 6) is 0. The van der Waals surface area contributed by atoms with E-state index < -0.39 is 0 Å². The van der Waals surface area contributed by atoms with Crippen LogP contribution in [0.3, 0.4) is 0 Å². The lowest BCUT2D eigenvalue weighted by Crippen LogP contribution is -2.25. The van der Waals surface area contributed by atoms with E-state index in [-0.39, 0.29) is 6.04 Å². The van der Waals surface area contributed by atoms with Crippen molar-refractivity contribution >= 4 is 0 Å². The van der Waals surface area contributed by atoms with E-state index in [4.69, 9.17) is 10.5 Å². The summed E-state index contributed by atoms with van der Waals surface area (Å²) in [5.41, 5.74) is 7.84. The highest BCUT2D eigenvalue weighted by molar-refractivity contribution is 5.10. The fraction of sp³-hybridized carbons (Fsp3) is 0.867. The number of nitrogens with two attached hydrogens (primary N) is 1. The van der Waals surface area contributed by atoms with Crippen LogP contribution in [0.15, 0.2) is 11.6 Å². The number of rotatable bonds is 4. The van der Waals surface area contributed by atoms with Crippen molar-refractivity contribution in [2.75, 3.05) is 6.61 Å². The van der Waals surface area contributed by atoms with Crippen LogP contribution in [0.4, 0.5) is 0 Å². The fourth-order valence-electron chi connectivity index (χ4n) is 2.98. The number of hydrogen-bond donors (Lipinski definition) is 1. The van der Waals surface area contributed by atoms with E-state index in [2.05, 4.69) is 6.08 Å². The Morgan fingerprint density at radius 2 is 2.12 bits per heavy atom. The van der Waals surface area contributed by atoms with Gasteiger partial charge >= 0.3 is 0 Å². The van der Waals surface area contributed by atoms with Crippen LogP contribution in [0, 0.1) is 0 Å². The van der Waals surface area contributed by atoms with E-state index in [9.17, 15) is 0 Å². The highest BCUT2D eigenvalue weighted by atomic mass is 16.5. The van der Waals surface area contributed by atoms with Crippen LogP contribution in [0.2, 0.25) is 0 Å². The molecule has 0 bridgehead atoms. The molecule has 1 fully saturated rings. The van der Waals surface area contributed by atoms with Crippen molar-refractivity contribution in [1.29, 1.82) is 0 Å². The lowest BCUT2D eigenvalue weighted by molar-refractivity contribution is 0.101. The van der Waals surface area contributed by atoms with E-state index in [1.165, 1.54) is 56.9 Å². The zero-order valence-corrected chi connectivity index (χ0v) is 11.0. The van der Waals surface area contributed by atoms with Gasteiger partial charge in [-0.25, -0.2) is 0 Å². The minimum absolute atomic E-state index is 0.289. The van der Waals surface area contributed by atoms with Gasteiger partial charge in [-0.15, -0.1) is 0 Å². The number of allylic oxidation sites excluding steroid dienone is 1. The molecular weight excluding hydrogens is 210 g/mol. The van der Waals surface area contributed by atoms with Crippen LogP contribution in [0.25, 0.3) is 0 Å². The molecule has 0 aromatic carbocycles. The Kier molecular flexibility index (Phi) is 5.53. The van der Waals surface area contributed by atoms with Crippen LogP contribution in [0.1, 0.15) is 64.2 Å². The smallest absolute Gasteiger partial charge is 0.0576 e. The molecule has 0 spiro atoms. The van der Waals surface area contributed by atoms with Gasteiger partial charge < -0.3 is 10.5 Å². The van der Waals surface area contributed by atoms with Gasteiger partial charge in [0.15, 0.2) is 0 Å². The second-order valence-electron chi connectivity index (χ2n) is 5.55. The molecule has 2 heteroatoms. The molecule has 1 heterocycles. The van der Waals surface area contributed by atoms with Gasteiger partial charge in [-0.2, -0.15) is 0 Å². The molecule has 0 radical (unpaired) electrons. The summed E-state index contributed by atoms with van der Waals surface area (Å²) in [5, 5.41) is 0. The van der Waals surface area contributed by atoms with E-state index in [0.29, 0.717) is 6.10 Å². The predicted molar refractivity (Wildman–Crippen MR) is 72.0 cm³/mol. The lowest BCUT2D eigenvalue weighted by Gasteiger charge is -2.19. The lowest BCUT2D eigenvalue weighted by atomic mass is 9.92. The predicted octanol–water partition coefficient (Wildman–Crippen LogP) is 3.55. The van der Waals surface area contributed by atoms with Crippen molar-refractivity contribution in [1.82, 2.24) is 0 Å². The van der Waals surface area contributed by atoms with E-state index in [1.54, 1.807) is 0 Å². The highest BCUT2D eigenvalue weighted by Crippen LogP contribution is 2.23. The van der Waals surface area contributed by atoms with Crippen molar-refractivity contribution < 1.29 is 4.74 Å². The average Bonchev–Trinajstić information content (AvgIpc) is 2.78. The molecule has 2 N–H and O–H groups in total. The Labute approximate surface area is 106 Å². The molecule has 0 aromatic rings. The number of ether oxygens (including phenoxy) is 1. The van der Waals surface area contributed by atoms with Crippen molar-refractivity contribution in [3.05, 3.63) is 11.6 Å². The minimum atomic E-state index is 0.289. The highest BCUT2D eigenvalue weighted by Gasteiger charge is 2.18. The molecule has 2 unspecified atom stereocenters. The van der Waals surface area contributed by atoms with Crippen molar-refractivity contribution in [3.63, 3.8) is 0 Å². The van der Waals surface area contributed by atoms with E-state index >= 15 is 0 Å². The Hall–Kier alpha value is -0.340. The first-order valence-corrected chi connectivity index (χ1v) is 7.42. The molecule has 1 aliphatic heterocycles. The molecule has 1 aliphatic carbocycles. The van der Waals surface area contributed by atoms with Crippen molar-refractivity contribution in [2.24, 2.45) is 5.73 Å². The van der Waals surface area contributed by atoms with Gasteiger partial charge in [0.2, 0.25) is 0 Å². The van der Waals surface area contributed by atoms with Crippen molar-refractivity contribution in [2.45, 2.75) is 76.4 Å². The van der Waals surface area contributed by atoms with Crippen LogP contribution in [0.5, 0.6) is 0 Å². The van der Waals surface area contributed by atoms with Crippen LogP contribution in [-0.2, 0) is 4.74 Å². The van der Waals surface area contributed by atoms with Crippen LogP contribution >= 0.6 is 0 Å². The largest absolute Gasteiger partial charge is 0.378 e. The molecule has 2 atom stereocenters. The number of hydrogen-bond acceptors (Lipinski definition) is 2. The third-order valence-corrected chi connectivity index (χ3v) is 4.13. The summed E-state index contributed by atoms with van der Waals surface area (Å²) in [6, 6.07) is 0.289. The van der Waals surface area contributed by atoms with Gasteiger partial charge in [-0.1, -0.05) is 24.5 Å². The monoisotopic (exact) mass is 237 g/mol. The van der Waals surface area contributed by atoms with Gasteiger partial charge in [0.1, 0.15) is 0 Å². The minimum Gasteiger partial charge on any atom is -0.378 e. The Morgan fingerprint density at radius 3 is 2.94 bits per heavy atom. The summed E-state index contributed by atoms with van der Waals surface area (Å²) in [6.07, 6.45) is 15.6. The van der Waals surface area contributed by atoms with Gasteiger partial charge in [0, 0.05) is 12.6 Å². The Bertz CT molecular complexity index is 243. The molecule has 98 valence electrons. The zero-order valence-electron chi connectivity index (χ0n) is 11.0. The van der Waals surface area contributed by atoms with Crippen molar-refractivity contribution in [3.8, 4) is 0 Å². The second kappa shape index (κ2) is 7.17. The third-order valence-electron chi connectivity index (χ3n) is 4.13. The van der Waals surface area contributed by atoms with Gasteiger partial charge in [-0.05, 0) is 51.4 Å². The molecule has 2 rings (SSSR count). The van der Waals surface area contributed by atoms with Crippen LogP contribution in [-0.4, -0.2) is 18.8 Å². The van der Waals surface area contributed by atoms with E-state index in [0.717, 1.165) is 19.4 Å². The molecule has 2 aliphatic rings. The summed E-state index contributed by atoms with van der Waals surface area (Å²) in [7, 11) is 0. The SMILES string of the molecule is NC(CCC1CCCO1)C1=CCCCCCC1. The second-order valence-corrected chi connectivity index (χ2v) is 5.55. The Balaban J connectivity index is 1.74. The molecule has 0 amide bonds. The van der Waals surface area contributed by atoms with Crippen LogP contribution < -0.4 is 5.73 Å². The molecule has 17 heavy (non-hydrogen) atoms. The first-order chi connectivity index (χ1) is 8.36. The molecular formula is C15H27NO. The molecule has 2 nitrogen and oxygen atoms in total. The van der Waals surface area contributed by atoms with Gasteiger partial charge in [0.05, 0.1) is 6.10 Å². The quantitative estimate of drug-likeness (QED) is 0.759.